The van der Waals surface area contributed by atoms with Crippen LogP contribution in [0.25, 0.3) is 5.76 Å². The van der Waals surface area contributed by atoms with Crippen molar-refractivity contribution in [1.82, 2.24) is 0 Å². The van der Waals surface area contributed by atoms with E-state index in [4.69, 9.17) is 14.2 Å². The molecule has 194 valence electrons. The summed E-state index contributed by atoms with van der Waals surface area (Å²) in [6.45, 7) is 0.316. The molecule has 0 fully saturated rings. The van der Waals surface area contributed by atoms with E-state index in [0.717, 1.165) is 34.0 Å². The standard InChI is InChI=1S/C33H28N2O4/c1-37-27-17-13-23(14-18-27)29-21-30(24-15-19-28(38-2)20-16-24)39-33-31(29)32(36)34(25-9-5-3-6-10-25)22-35(33)26-11-7-4-8-12-26/h3-21,29H,22H2,1-2H3. The van der Waals surface area contributed by atoms with Crippen LogP contribution >= 0.6 is 0 Å². The molecule has 2 aliphatic rings. The van der Waals surface area contributed by atoms with Crippen LogP contribution in [0.15, 0.2) is 127 Å². The first-order valence-electron chi connectivity index (χ1n) is 12.8. The fourth-order valence-corrected chi connectivity index (χ4v) is 5.00. The highest BCUT2D eigenvalue weighted by Crippen LogP contribution is 2.44. The van der Waals surface area contributed by atoms with Crippen molar-refractivity contribution in [2.24, 2.45) is 0 Å². The second-order valence-corrected chi connectivity index (χ2v) is 9.30. The van der Waals surface area contributed by atoms with Crippen molar-refractivity contribution in [2.45, 2.75) is 5.92 Å². The summed E-state index contributed by atoms with van der Waals surface area (Å²) in [7, 11) is 3.29. The molecule has 0 N–H and O–H groups in total. The Kier molecular flexibility index (Phi) is 6.51. The number of rotatable bonds is 6. The maximum atomic E-state index is 14.3. The Balaban J connectivity index is 1.53. The van der Waals surface area contributed by atoms with E-state index in [1.54, 1.807) is 19.1 Å². The van der Waals surface area contributed by atoms with E-state index in [-0.39, 0.29) is 11.8 Å². The van der Waals surface area contributed by atoms with Crippen LogP contribution in [0.4, 0.5) is 11.4 Å². The molecule has 39 heavy (non-hydrogen) atoms. The molecule has 0 aromatic heterocycles. The zero-order valence-electron chi connectivity index (χ0n) is 21.8. The molecule has 6 heteroatoms. The second kappa shape index (κ2) is 10.4. The van der Waals surface area contributed by atoms with Gasteiger partial charge in [0.1, 0.15) is 23.9 Å². The Morgan fingerprint density at radius 1 is 0.692 bits per heavy atom. The summed E-state index contributed by atoms with van der Waals surface area (Å²) in [4.78, 5) is 18.1. The molecule has 0 bridgehead atoms. The average molecular weight is 517 g/mol. The number of hydrogen-bond donors (Lipinski definition) is 0. The molecule has 0 radical (unpaired) electrons. The van der Waals surface area contributed by atoms with Crippen LogP contribution in [0, 0.1) is 0 Å². The number of hydrogen-bond acceptors (Lipinski definition) is 5. The van der Waals surface area contributed by atoms with Gasteiger partial charge in [-0.3, -0.25) is 14.6 Å². The summed E-state index contributed by atoms with van der Waals surface area (Å²) < 4.78 is 17.4. The molecule has 1 amide bonds. The molecular formula is C33H28N2O4. The largest absolute Gasteiger partial charge is 0.497 e. The number of allylic oxidation sites excluding steroid dienone is 1. The van der Waals surface area contributed by atoms with Gasteiger partial charge in [0.2, 0.25) is 5.88 Å². The molecule has 4 aromatic carbocycles. The first-order chi connectivity index (χ1) is 19.2. The molecule has 6 rings (SSSR count). The maximum absolute atomic E-state index is 14.3. The number of carbonyl (C=O) groups excluding carboxylic acids is 1. The van der Waals surface area contributed by atoms with Crippen LogP contribution in [-0.2, 0) is 9.53 Å². The molecule has 1 atom stereocenters. The van der Waals surface area contributed by atoms with Gasteiger partial charge in [-0.15, -0.1) is 0 Å². The van der Waals surface area contributed by atoms with Crippen molar-refractivity contribution in [3.05, 3.63) is 138 Å². The normalized spacial score (nSPS) is 16.8. The summed E-state index contributed by atoms with van der Waals surface area (Å²) in [5.74, 6) is 2.30. The minimum atomic E-state index is -0.345. The molecule has 0 spiro atoms. The summed E-state index contributed by atoms with van der Waals surface area (Å²) in [5, 5.41) is 0. The summed E-state index contributed by atoms with van der Waals surface area (Å²) in [5.41, 5.74) is 4.20. The van der Waals surface area contributed by atoms with E-state index in [9.17, 15) is 4.79 Å². The Morgan fingerprint density at radius 3 is 1.79 bits per heavy atom. The number of nitrogens with zero attached hydrogens (tertiary/aromatic N) is 2. The number of para-hydroxylation sites is 2. The third-order valence-electron chi connectivity index (χ3n) is 7.05. The predicted octanol–water partition coefficient (Wildman–Crippen LogP) is 6.58. The molecule has 0 saturated heterocycles. The molecule has 6 nitrogen and oxygen atoms in total. The van der Waals surface area contributed by atoms with Crippen LogP contribution < -0.4 is 19.3 Å². The predicted molar refractivity (Wildman–Crippen MR) is 153 cm³/mol. The monoisotopic (exact) mass is 516 g/mol. The molecule has 0 saturated carbocycles. The van der Waals surface area contributed by atoms with Gasteiger partial charge in [-0.25, -0.2) is 0 Å². The summed E-state index contributed by atoms with van der Waals surface area (Å²) >= 11 is 0. The van der Waals surface area contributed by atoms with Gasteiger partial charge >= 0.3 is 0 Å². The van der Waals surface area contributed by atoms with Crippen LogP contribution in [0.5, 0.6) is 11.5 Å². The molecular weight excluding hydrogens is 488 g/mol. The van der Waals surface area contributed by atoms with Gasteiger partial charge in [-0.1, -0.05) is 48.5 Å². The van der Waals surface area contributed by atoms with Crippen molar-refractivity contribution in [3.63, 3.8) is 0 Å². The van der Waals surface area contributed by atoms with Crippen molar-refractivity contribution in [2.75, 3.05) is 30.7 Å². The van der Waals surface area contributed by atoms with Crippen molar-refractivity contribution in [3.8, 4) is 11.5 Å². The van der Waals surface area contributed by atoms with Gasteiger partial charge in [0.25, 0.3) is 5.91 Å². The highest BCUT2D eigenvalue weighted by Gasteiger charge is 2.41. The van der Waals surface area contributed by atoms with Crippen molar-refractivity contribution in [1.29, 1.82) is 0 Å². The minimum absolute atomic E-state index is 0.0887. The van der Waals surface area contributed by atoms with Crippen molar-refractivity contribution >= 4 is 23.0 Å². The number of ether oxygens (including phenoxy) is 3. The Bertz CT molecular complexity index is 1530. The Morgan fingerprint density at radius 2 is 1.23 bits per heavy atom. The average Bonchev–Trinajstić information content (AvgIpc) is 3.01. The first-order valence-corrected chi connectivity index (χ1v) is 12.8. The fraction of sp³-hybridized carbons (Fsp3) is 0.121. The SMILES string of the molecule is COc1ccc(C2=CC(c3ccc(OC)cc3)C3=C(O2)N(c2ccccc2)CN(c2ccccc2)C3=O)cc1. The highest BCUT2D eigenvalue weighted by atomic mass is 16.5. The van der Waals surface area contributed by atoms with E-state index in [1.807, 2.05) is 115 Å². The van der Waals surface area contributed by atoms with E-state index in [2.05, 4.69) is 4.90 Å². The van der Waals surface area contributed by atoms with Gasteiger partial charge in [-0.05, 0) is 72.3 Å². The Labute approximate surface area is 228 Å². The third kappa shape index (κ3) is 4.61. The Hall–Kier alpha value is -4.97. The third-order valence-corrected chi connectivity index (χ3v) is 7.05. The first kappa shape index (κ1) is 24.4. The molecule has 0 aliphatic carbocycles. The van der Waals surface area contributed by atoms with Crippen LogP contribution in [0.3, 0.4) is 0 Å². The number of anilines is 2. The topological polar surface area (TPSA) is 51.2 Å². The summed E-state index contributed by atoms with van der Waals surface area (Å²) in [6, 6.07) is 35.4. The lowest BCUT2D eigenvalue weighted by atomic mass is 9.86. The van der Waals surface area contributed by atoms with E-state index in [1.165, 1.54) is 0 Å². The number of methoxy groups -OCH3 is 2. The lowest BCUT2D eigenvalue weighted by Crippen LogP contribution is -2.50. The highest BCUT2D eigenvalue weighted by molar-refractivity contribution is 6.09. The lowest BCUT2D eigenvalue weighted by molar-refractivity contribution is -0.116. The van der Waals surface area contributed by atoms with Crippen LogP contribution in [-0.4, -0.2) is 26.8 Å². The maximum Gasteiger partial charge on any atom is 0.262 e. The van der Waals surface area contributed by atoms with Gasteiger partial charge in [0, 0.05) is 22.9 Å². The van der Waals surface area contributed by atoms with E-state index in [0.29, 0.717) is 23.9 Å². The number of benzene rings is 4. The number of amides is 1. The quantitative estimate of drug-likeness (QED) is 0.290. The van der Waals surface area contributed by atoms with Gasteiger partial charge in [-0.2, -0.15) is 0 Å². The minimum Gasteiger partial charge on any atom is -0.497 e. The van der Waals surface area contributed by atoms with Gasteiger partial charge < -0.3 is 14.2 Å². The fourth-order valence-electron chi connectivity index (χ4n) is 5.00. The van der Waals surface area contributed by atoms with Crippen molar-refractivity contribution < 1.29 is 19.0 Å². The smallest absolute Gasteiger partial charge is 0.262 e. The zero-order chi connectivity index (χ0) is 26.8. The molecule has 1 unspecified atom stereocenters. The van der Waals surface area contributed by atoms with Gasteiger partial charge in [0.05, 0.1) is 19.8 Å². The van der Waals surface area contributed by atoms with E-state index < -0.39 is 0 Å². The second-order valence-electron chi connectivity index (χ2n) is 9.30. The zero-order valence-corrected chi connectivity index (χ0v) is 21.8. The lowest BCUT2D eigenvalue weighted by Gasteiger charge is -2.42. The molecule has 2 heterocycles. The molecule has 2 aliphatic heterocycles. The summed E-state index contributed by atoms with van der Waals surface area (Å²) in [6.07, 6.45) is 2.03. The van der Waals surface area contributed by atoms with Crippen LogP contribution in [0.1, 0.15) is 17.0 Å². The van der Waals surface area contributed by atoms with Crippen LogP contribution in [0.2, 0.25) is 0 Å². The number of carbonyl (C=O) groups is 1. The van der Waals surface area contributed by atoms with E-state index >= 15 is 0 Å². The molecule has 4 aromatic rings. The van der Waals surface area contributed by atoms with Gasteiger partial charge in [0.15, 0.2) is 0 Å².